The summed E-state index contributed by atoms with van der Waals surface area (Å²) in [5, 5.41) is 3.51. The van der Waals surface area contributed by atoms with Crippen LogP contribution in [-0.4, -0.2) is 7.11 Å². The van der Waals surface area contributed by atoms with Gasteiger partial charge in [0.25, 0.3) is 0 Å². The second-order valence-corrected chi connectivity index (χ2v) is 5.04. The van der Waals surface area contributed by atoms with Crippen LogP contribution >= 0.6 is 11.6 Å². The quantitative estimate of drug-likeness (QED) is 0.855. The second-order valence-electron chi connectivity index (χ2n) is 4.63. The Morgan fingerprint density at radius 2 is 2.00 bits per heavy atom. The van der Waals surface area contributed by atoms with E-state index in [9.17, 15) is 4.39 Å². The van der Waals surface area contributed by atoms with E-state index < -0.39 is 5.82 Å². The third-order valence-corrected chi connectivity index (χ3v) is 3.44. The number of hydrogen-bond acceptors (Lipinski definition) is 2. The van der Waals surface area contributed by atoms with Crippen molar-refractivity contribution in [3.63, 3.8) is 0 Å². The number of hydrogen-bond donors (Lipinski definition) is 1. The largest absolute Gasteiger partial charge is 0.380 e. The lowest BCUT2D eigenvalue weighted by Gasteiger charge is -2.18. The molecule has 0 radical (unpaired) electrons. The summed E-state index contributed by atoms with van der Waals surface area (Å²) in [4.78, 5) is 0. The average Bonchev–Trinajstić information content (AvgIpc) is 2.44. The Hall–Kier alpha value is -1.58. The van der Waals surface area contributed by atoms with Gasteiger partial charge in [-0.1, -0.05) is 35.9 Å². The molecule has 1 atom stereocenters. The maximum absolute atomic E-state index is 13.5. The third kappa shape index (κ3) is 3.50. The first-order chi connectivity index (χ1) is 9.61. The fourth-order valence-electron chi connectivity index (χ4n) is 2.04. The van der Waals surface area contributed by atoms with Crippen molar-refractivity contribution in [2.45, 2.75) is 19.6 Å². The summed E-state index contributed by atoms with van der Waals surface area (Å²) in [7, 11) is 1.66. The van der Waals surface area contributed by atoms with Crippen LogP contribution in [0.1, 0.15) is 24.1 Å². The molecule has 20 heavy (non-hydrogen) atoms. The highest BCUT2D eigenvalue weighted by Gasteiger charge is 2.10. The smallest absolute Gasteiger partial charge is 0.142 e. The van der Waals surface area contributed by atoms with Crippen molar-refractivity contribution >= 4 is 17.3 Å². The van der Waals surface area contributed by atoms with Crippen LogP contribution < -0.4 is 5.32 Å². The van der Waals surface area contributed by atoms with E-state index in [1.807, 2.05) is 37.3 Å². The van der Waals surface area contributed by atoms with Gasteiger partial charge < -0.3 is 10.1 Å². The lowest BCUT2D eigenvalue weighted by molar-refractivity contribution is 0.185. The first-order valence-electron chi connectivity index (χ1n) is 6.40. The van der Waals surface area contributed by atoms with Crippen molar-refractivity contribution in [2.24, 2.45) is 0 Å². The summed E-state index contributed by atoms with van der Waals surface area (Å²) >= 11 is 5.70. The Kier molecular flexibility index (Phi) is 4.99. The molecule has 0 heterocycles. The van der Waals surface area contributed by atoms with Gasteiger partial charge >= 0.3 is 0 Å². The van der Waals surface area contributed by atoms with Crippen LogP contribution in [-0.2, 0) is 11.3 Å². The number of ether oxygens (including phenoxy) is 1. The zero-order valence-electron chi connectivity index (χ0n) is 11.5. The zero-order valence-corrected chi connectivity index (χ0v) is 12.2. The van der Waals surface area contributed by atoms with E-state index in [4.69, 9.17) is 16.3 Å². The first-order valence-corrected chi connectivity index (χ1v) is 6.78. The zero-order chi connectivity index (χ0) is 14.5. The summed E-state index contributed by atoms with van der Waals surface area (Å²) in [6, 6.07) is 12.7. The molecule has 1 unspecified atom stereocenters. The normalized spacial score (nSPS) is 12.2. The lowest BCUT2D eigenvalue weighted by atomic mass is 10.1. The van der Waals surface area contributed by atoms with E-state index in [1.54, 1.807) is 13.2 Å². The molecule has 0 amide bonds. The molecule has 1 N–H and O–H groups in total. The van der Waals surface area contributed by atoms with Crippen LogP contribution in [0.2, 0.25) is 5.02 Å². The van der Waals surface area contributed by atoms with Crippen LogP contribution in [0.25, 0.3) is 0 Å². The fraction of sp³-hybridized carbons (Fsp3) is 0.250. The Morgan fingerprint density at radius 3 is 2.70 bits per heavy atom. The molecule has 0 aliphatic carbocycles. The fourth-order valence-corrected chi connectivity index (χ4v) is 2.16. The molecular weight excluding hydrogens is 277 g/mol. The maximum Gasteiger partial charge on any atom is 0.142 e. The molecule has 0 bridgehead atoms. The molecular formula is C16H17ClFNO. The van der Waals surface area contributed by atoms with Gasteiger partial charge in [0.15, 0.2) is 0 Å². The number of rotatable bonds is 5. The van der Waals surface area contributed by atoms with Crippen molar-refractivity contribution in [3.8, 4) is 0 Å². The summed E-state index contributed by atoms with van der Waals surface area (Å²) in [6.45, 7) is 2.51. The van der Waals surface area contributed by atoms with Crippen LogP contribution in [0.15, 0.2) is 42.5 Å². The first kappa shape index (κ1) is 14.8. The predicted molar refractivity (Wildman–Crippen MR) is 80.6 cm³/mol. The average molecular weight is 294 g/mol. The summed E-state index contributed by atoms with van der Waals surface area (Å²) in [5.74, 6) is -0.400. The molecule has 0 saturated heterocycles. The molecule has 2 rings (SSSR count). The summed E-state index contributed by atoms with van der Waals surface area (Å²) in [6.07, 6.45) is 0. The van der Waals surface area contributed by atoms with E-state index in [2.05, 4.69) is 5.32 Å². The number of anilines is 1. The summed E-state index contributed by atoms with van der Waals surface area (Å²) < 4.78 is 18.7. The number of benzene rings is 2. The number of para-hydroxylation sites is 1. The van der Waals surface area contributed by atoms with Crippen molar-refractivity contribution in [3.05, 3.63) is 64.4 Å². The highest BCUT2D eigenvalue weighted by atomic mass is 35.5. The van der Waals surface area contributed by atoms with Gasteiger partial charge in [0, 0.05) is 24.4 Å². The van der Waals surface area contributed by atoms with Crippen molar-refractivity contribution < 1.29 is 9.13 Å². The van der Waals surface area contributed by atoms with E-state index in [0.29, 0.717) is 6.61 Å². The molecule has 0 aromatic heterocycles. The highest BCUT2D eigenvalue weighted by molar-refractivity contribution is 6.30. The number of methoxy groups -OCH3 is 1. The van der Waals surface area contributed by atoms with Crippen LogP contribution in [0, 0.1) is 5.82 Å². The number of halogens is 2. The van der Waals surface area contributed by atoms with Crippen molar-refractivity contribution in [1.82, 2.24) is 0 Å². The highest BCUT2D eigenvalue weighted by Crippen LogP contribution is 2.25. The molecule has 0 saturated carbocycles. The van der Waals surface area contributed by atoms with Gasteiger partial charge in [-0.3, -0.25) is 0 Å². The Labute approximate surface area is 123 Å². The topological polar surface area (TPSA) is 21.3 Å². The van der Waals surface area contributed by atoms with Gasteiger partial charge in [-0.15, -0.1) is 0 Å². The molecule has 2 aromatic carbocycles. The Bertz CT molecular complexity index is 588. The maximum atomic E-state index is 13.5. The molecule has 0 aliphatic rings. The molecule has 2 nitrogen and oxygen atoms in total. The van der Waals surface area contributed by atoms with Crippen molar-refractivity contribution in [1.29, 1.82) is 0 Å². The number of nitrogens with one attached hydrogen (secondary N) is 1. The minimum absolute atomic E-state index is 0.0280. The molecule has 4 heteroatoms. The Morgan fingerprint density at radius 1 is 1.25 bits per heavy atom. The molecule has 0 aliphatic heterocycles. The van der Waals surface area contributed by atoms with Crippen molar-refractivity contribution in [2.75, 3.05) is 12.4 Å². The van der Waals surface area contributed by atoms with Gasteiger partial charge in [0.1, 0.15) is 5.82 Å². The van der Waals surface area contributed by atoms with Gasteiger partial charge in [0.2, 0.25) is 0 Å². The van der Waals surface area contributed by atoms with E-state index in [-0.39, 0.29) is 11.1 Å². The minimum Gasteiger partial charge on any atom is -0.380 e. The summed E-state index contributed by atoms with van der Waals surface area (Å²) in [5.41, 5.74) is 2.90. The molecule has 0 fully saturated rings. The van der Waals surface area contributed by atoms with Crippen LogP contribution in [0.4, 0.5) is 10.1 Å². The SMILES string of the molecule is COCc1ccccc1NC(C)c1ccc(Cl)c(F)c1. The van der Waals surface area contributed by atoms with Gasteiger partial charge in [0.05, 0.1) is 11.6 Å². The van der Waals surface area contributed by atoms with Gasteiger partial charge in [-0.05, 0) is 30.7 Å². The predicted octanol–water partition coefficient (Wildman–Crippen LogP) is 4.80. The van der Waals surface area contributed by atoms with Crippen LogP contribution in [0.5, 0.6) is 0 Å². The van der Waals surface area contributed by atoms with E-state index in [0.717, 1.165) is 16.8 Å². The van der Waals surface area contributed by atoms with E-state index in [1.165, 1.54) is 6.07 Å². The van der Waals surface area contributed by atoms with Crippen LogP contribution in [0.3, 0.4) is 0 Å². The minimum atomic E-state index is -0.400. The monoisotopic (exact) mass is 293 g/mol. The third-order valence-electron chi connectivity index (χ3n) is 3.13. The standard InChI is InChI=1S/C16H17ClFNO/c1-11(12-7-8-14(17)15(18)9-12)19-16-6-4-3-5-13(16)10-20-2/h3-9,11,19H,10H2,1-2H3. The van der Waals surface area contributed by atoms with E-state index >= 15 is 0 Å². The molecule has 2 aromatic rings. The second kappa shape index (κ2) is 6.73. The lowest BCUT2D eigenvalue weighted by Crippen LogP contribution is -2.09. The molecule has 0 spiro atoms. The molecule has 106 valence electrons. The van der Waals surface area contributed by atoms with Gasteiger partial charge in [-0.25, -0.2) is 4.39 Å². The Balaban J connectivity index is 2.18. The van der Waals surface area contributed by atoms with Gasteiger partial charge in [-0.2, -0.15) is 0 Å².